The van der Waals surface area contributed by atoms with Crippen LogP contribution in [0.4, 0.5) is 0 Å². The van der Waals surface area contributed by atoms with Crippen molar-refractivity contribution in [1.82, 2.24) is 4.31 Å². The van der Waals surface area contributed by atoms with Gasteiger partial charge in [-0.2, -0.15) is 4.31 Å². The molecule has 0 spiro atoms. The van der Waals surface area contributed by atoms with Gasteiger partial charge in [-0.1, -0.05) is 26.0 Å². The molecule has 1 fully saturated rings. The molecule has 1 saturated heterocycles. The summed E-state index contributed by atoms with van der Waals surface area (Å²) in [5, 5.41) is 0. The first kappa shape index (κ1) is 14.5. The molecule has 1 aromatic rings. The quantitative estimate of drug-likeness (QED) is 0.917. The van der Waals surface area contributed by atoms with E-state index in [0.717, 1.165) is 12.8 Å². The molecular weight excluding hydrogens is 260 g/mol. The maximum absolute atomic E-state index is 12.4. The molecule has 0 aliphatic carbocycles. The molecule has 19 heavy (non-hydrogen) atoms. The van der Waals surface area contributed by atoms with Gasteiger partial charge in [-0.3, -0.25) is 0 Å². The molecule has 1 aliphatic rings. The third-order valence-electron chi connectivity index (χ3n) is 3.89. The zero-order chi connectivity index (χ0) is 14.0. The van der Waals surface area contributed by atoms with E-state index in [0.29, 0.717) is 23.9 Å². The van der Waals surface area contributed by atoms with Crippen molar-refractivity contribution in [3.8, 4) is 0 Å². The van der Waals surface area contributed by atoms with Crippen LogP contribution in [-0.4, -0.2) is 31.9 Å². The lowest BCUT2D eigenvalue weighted by molar-refractivity contribution is 0.472. The molecule has 0 aromatic heterocycles. The van der Waals surface area contributed by atoms with Gasteiger partial charge in [0.05, 0.1) is 4.90 Å². The van der Waals surface area contributed by atoms with Crippen LogP contribution in [0.25, 0.3) is 0 Å². The summed E-state index contributed by atoms with van der Waals surface area (Å²) in [6, 6.07) is 7.21. The van der Waals surface area contributed by atoms with Gasteiger partial charge in [-0.05, 0) is 36.5 Å². The zero-order valence-electron chi connectivity index (χ0n) is 11.5. The van der Waals surface area contributed by atoms with Crippen LogP contribution < -0.4 is 5.73 Å². The largest absolute Gasteiger partial charge is 0.326 e. The number of hydrogen-bond acceptors (Lipinski definition) is 3. The van der Waals surface area contributed by atoms with Gasteiger partial charge in [0.2, 0.25) is 10.0 Å². The molecule has 1 heterocycles. The molecule has 0 bridgehead atoms. The van der Waals surface area contributed by atoms with Gasteiger partial charge in [0.1, 0.15) is 0 Å². The molecule has 0 radical (unpaired) electrons. The Morgan fingerprint density at radius 2 is 2.00 bits per heavy atom. The average molecular weight is 282 g/mol. The number of hydrogen-bond donors (Lipinski definition) is 1. The molecule has 0 saturated carbocycles. The predicted molar refractivity (Wildman–Crippen MR) is 76.5 cm³/mol. The molecule has 0 amide bonds. The van der Waals surface area contributed by atoms with Crippen LogP contribution >= 0.6 is 0 Å². The fraction of sp³-hybridized carbons (Fsp3) is 0.571. The van der Waals surface area contributed by atoms with Crippen molar-refractivity contribution in [2.75, 3.05) is 13.1 Å². The molecule has 4 nitrogen and oxygen atoms in total. The lowest BCUT2D eigenvalue weighted by Crippen LogP contribution is -2.31. The van der Waals surface area contributed by atoms with Crippen LogP contribution in [0.1, 0.15) is 38.2 Å². The summed E-state index contributed by atoms with van der Waals surface area (Å²) in [6.07, 6.45) is 1.79. The molecular formula is C14H22N2O2S. The van der Waals surface area contributed by atoms with Crippen LogP contribution in [0.2, 0.25) is 0 Å². The maximum Gasteiger partial charge on any atom is 0.243 e. The summed E-state index contributed by atoms with van der Waals surface area (Å²) in [5.74, 6) is 0.456. The minimum Gasteiger partial charge on any atom is -0.326 e. The maximum atomic E-state index is 12.4. The summed E-state index contributed by atoms with van der Waals surface area (Å²) in [5.41, 5.74) is 6.96. The van der Waals surface area contributed by atoms with E-state index in [2.05, 4.69) is 13.8 Å². The van der Waals surface area contributed by atoms with E-state index >= 15 is 0 Å². The third kappa shape index (κ3) is 2.99. The molecule has 2 rings (SSSR count). The summed E-state index contributed by atoms with van der Waals surface area (Å²) in [6.45, 7) is 5.22. The summed E-state index contributed by atoms with van der Waals surface area (Å²) in [4.78, 5) is 0.369. The summed E-state index contributed by atoms with van der Waals surface area (Å²) >= 11 is 0. The average Bonchev–Trinajstić information content (AvgIpc) is 2.85. The van der Waals surface area contributed by atoms with Crippen molar-refractivity contribution in [3.05, 3.63) is 29.8 Å². The van der Waals surface area contributed by atoms with Crippen LogP contribution in [0, 0.1) is 0 Å². The Morgan fingerprint density at radius 3 is 2.47 bits per heavy atom. The number of nitrogens with zero attached hydrogens (tertiary/aromatic N) is 1. The predicted octanol–water partition coefficient (Wildman–Crippen LogP) is 1.92. The molecule has 2 atom stereocenters. The van der Waals surface area contributed by atoms with Gasteiger partial charge < -0.3 is 5.73 Å². The van der Waals surface area contributed by atoms with E-state index in [-0.39, 0.29) is 6.04 Å². The normalized spacial score (nSPS) is 22.6. The molecule has 106 valence electrons. The number of rotatable bonds is 4. The Kier molecular flexibility index (Phi) is 4.28. The number of nitrogens with two attached hydrogens (primary N) is 1. The van der Waals surface area contributed by atoms with Gasteiger partial charge in [0, 0.05) is 19.1 Å². The first-order valence-corrected chi connectivity index (χ1v) is 8.25. The van der Waals surface area contributed by atoms with Gasteiger partial charge in [-0.15, -0.1) is 0 Å². The van der Waals surface area contributed by atoms with Crippen molar-refractivity contribution in [3.63, 3.8) is 0 Å². The minimum atomic E-state index is -3.37. The molecule has 2 N–H and O–H groups in total. The standard InChI is InChI=1S/C14H22N2O2S/c1-3-11(2)12-4-6-14(7-5-12)19(17,18)16-9-8-13(15)10-16/h4-7,11,13H,3,8-10,15H2,1-2H3. The van der Waals surface area contributed by atoms with E-state index in [1.807, 2.05) is 12.1 Å². The first-order chi connectivity index (χ1) is 8.95. The highest BCUT2D eigenvalue weighted by molar-refractivity contribution is 7.89. The van der Waals surface area contributed by atoms with E-state index in [1.165, 1.54) is 9.87 Å². The van der Waals surface area contributed by atoms with E-state index in [9.17, 15) is 8.42 Å². The SMILES string of the molecule is CCC(C)c1ccc(S(=O)(=O)N2CCC(N)C2)cc1. The highest BCUT2D eigenvalue weighted by Crippen LogP contribution is 2.24. The van der Waals surface area contributed by atoms with E-state index in [1.54, 1.807) is 12.1 Å². The minimum absolute atomic E-state index is 0.0332. The van der Waals surface area contributed by atoms with Gasteiger partial charge in [0.15, 0.2) is 0 Å². The zero-order valence-corrected chi connectivity index (χ0v) is 12.4. The summed E-state index contributed by atoms with van der Waals surface area (Å²) in [7, 11) is -3.37. The van der Waals surface area contributed by atoms with Gasteiger partial charge in [0.25, 0.3) is 0 Å². The second-order valence-corrected chi connectivity index (χ2v) is 7.23. The Bertz CT molecular complexity index is 525. The monoisotopic (exact) mass is 282 g/mol. The first-order valence-electron chi connectivity index (χ1n) is 6.81. The molecule has 1 aromatic carbocycles. The Morgan fingerprint density at radius 1 is 1.37 bits per heavy atom. The number of sulfonamides is 1. The van der Waals surface area contributed by atoms with Crippen molar-refractivity contribution in [1.29, 1.82) is 0 Å². The fourth-order valence-electron chi connectivity index (χ4n) is 2.33. The van der Waals surface area contributed by atoms with Crippen molar-refractivity contribution >= 4 is 10.0 Å². The lowest BCUT2D eigenvalue weighted by atomic mass is 9.99. The van der Waals surface area contributed by atoms with Crippen molar-refractivity contribution < 1.29 is 8.42 Å². The fourth-order valence-corrected chi connectivity index (χ4v) is 3.84. The number of benzene rings is 1. The topological polar surface area (TPSA) is 63.4 Å². The third-order valence-corrected chi connectivity index (χ3v) is 5.77. The Hall–Kier alpha value is -0.910. The lowest BCUT2D eigenvalue weighted by Gasteiger charge is -2.16. The molecule has 2 unspecified atom stereocenters. The van der Waals surface area contributed by atoms with Gasteiger partial charge >= 0.3 is 0 Å². The van der Waals surface area contributed by atoms with Crippen LogP contribution in [0.15, 0.2) is 29.2 Å². The van der Waals surface area contributed by atoms with Crippen LogP contribution in [0.5, 0.6) is 0 Å². The summed E-state index contributed by atoms with van der Waals surface area (Å²) < 4.78 is 26.3. The van der Waals surface area contributed by atoms with Crippen LogP contribution in [-0.2, 0) is 10.0 Å². The van der Waals surface area contributed by atoms with E-state index in [4.69, 9.17) is 5.73 Å². The van der Waals surface area contributed by atoms with Gasteiger partial charge in [-0.25, -0.2) is 8.42 Å². The van der Waals surface area contributed by atoms with E-state index < -0.39 is 10.0 Å². The Balaban J connectivity index is 2.22. The highest BCUT2D eigenvalue weighted by Gasteiger charge is 2.30. The van der Waals surface area contributed by atoms with Crippen LogP contribution in [0.3, 0.4) is 0 Å². The van der Waals surface area contributed by atoms with Crippen molar-refractivity contribution in [2.45, 2.75) is 43.5 Å². The second-order valence-electron chi connectivity index (χ2n) is 5.29. The molecule has 5 heteroatoms. The Labute approximate surface area is 115 Å². The highest BCUT2D eigenvalue weighted by atomic mass is 32.2. The molecule has 1 aliphatic heterocycles. The second kappa shape index (κ2) is 5.61. The smallest absolute Gasteiger partial charge is 0.243 e. The van der Waals surface area contributed by atoms with Crippen molar-refractivity contribution in [2.24, 2.45) is 5.73 Å².